The van der Waals surface area contributed by atoms with E-state index in [-0.39, 0.29) is 41.5 Å². The average Bonchev–Trinajstić information content (AvgIpc) is 2.93. The largest absolute Gasteiger partial charge is 0.489 e. The van der Waals surface area contributed by atoms with E-state index in [2.05, 4.69) is 9.98 Å². The first kappa shape index (κ1) is 18.0. The molecule has 5 rings (SSSR count). The van der Waals surface area contributed by atoms with Crippen molar-refractivity contribution in [3.63, 3.8) is 0 Å². The first-order valence-corrected chi connectivity index (χ1v) is 9.26. The zero-order valence-electron chi connectivity index (χ0n) is 15.6. The molecule has 1 aromatic carbocycles. The number of hydrogen-bond donors (Lipinski definition) is 1. The van der Waals surface area contributed by atoms with Gasteiger partial charge in [-0.25, -0.2) is 14.4 Å². The fourth-order valence-electron chi connectivity index (χ4n) is 4.44. The van der Waals surface area contributed by atoms with Crippen LogP contribution >= 0.6 is 0 Å². The minimum atomic E-state index is -1.40. The van der Waals surface area contributed by atoms with Crippen molar-refractivity contribution in [1.82, 2.24) is 9.88 Å². The summed E-state index contributed by atoms with van der Waals surface area (Å²) in [5, 5.41) is 0. The fourth-order valence-corrected chi connectivity index (χ4v) is 4.44. The number of ether oxygens (including phenoxy) is 2. The minimum absolute atomic E-state index is 0.0132. The molecule has 2 aromatic rings. The van der Waals surface area contributed by atoms with Crippen molar-refractivity contribution in [1.29, 1.82) is 0 Å². The molecule has 1 spiro atoms. The fraction of sp³-hybridized carbons (Fsp3) is 0.350. The van der Waals surface area contributed by atoms with Gasteiger partial charge in [0.15, 0.2) is 11.5 Å². The smallest absolute Gasteiger partial charge is 0.262 e. The third-order valence-corrected chi connectivity index (χ3v) is 5.90. The number of benzene rings is 1. The number of pyridine rings is 1. The van der Waals surface area contributed by atoms with Crippen molar-refractivity contribution >= 4 is 11.9 Å². The van der Waals surface area contributed by atoms with Crippen LogP contribution in [0.15, 0.2) is 35.5 Å². The Balaban J connectivity index is 1.78. The normalized spacial score (nSPS) is 28.0. The van der Waals surface area contributed by atoms with E-state index in [9.17, 15) is 13.6 Å². The molecule has 4 heterocycles. The molecule has 1 amide bonds. The van der Waals surface area contributed by atoms with E-state index in [4.69, 9.17) is 15.2 Å². The van der Waals surface area contributed by atoms with Gasteiger partial charge in [-0.05, 0) is 18.2 Å². The van der Waals surface area contributed by atoms with E-state index in [1.807, 2.05) is 0 Å². The van der Waals surface area contributed by atoms with Gasteiger partial charge in [-0.3, -0.25) is 9.69 Å². The van der Waals surface area contributed by atoms with Gasteiger partial charge in [-0.2, -0.15) is 4.39 Å². The molecule has 1 unspecified atom stereocenters. The summed E-state index contributed by atoms with van der Waals surface area (Å²) in [6.45, 7) is 0.714. The second kappa shape index (κ2) is 6.21. The van der Waals surface area contributed by atoms with Gasteiger partial charge in [-0.15, -0.1) is 0 Å². The molecule has 3 atom stereocenters. The lowest BCUT2D eigenvalue weighted by Gasteiger charge is -2.45. The van der Waals surface area contributed by atoms with E-state index >= 15 is 0 Å². The van der Waals surface area contributed by atoms with Crippen LogP contribution in [-0.2, 0) is 15.1 Å². The maximum atomic E-state index is 14.9. The molecule has 9 heteroatoms. The number of aromatic nitrogens is 1. The van der Waals surface area contributed by atoms with Crippen LogP contribution in [0.3, 0.4) is 0 Å². The van der Waals surface area contributed by atoms with Crippen molar-refractivity contribution in [3.05, 3.63) is 47.8 Å². The lowest BCUT2D eigenvalue weighted by atomic mass is 9.71. The molecule has 150 valence electrons. The van der Waals surface area contributed by atoms with Crippen molar-refractivity contribution in [2.24, 2.45) is 16.6 Å². The average molecular weight is 400 g/mol. The highest BCUT2D eigenvalue weighted by molar-refractivity contribution is 6.07. The van der Waals surface area contributed by atoms with Crippen LogP contribution in [0.5, 0.6) is 5.75 Å². The first-order chi connectivity index (χ1) is 13.9. The number of aliphatic imine (C=N–C) groups is 1. The van der Waals surface area contributed by atoms with Crippen molar-refractivity contribution in [2.45, 2.75) is 18.1 Å². The zero-order valence-corrected chi connectivity index (χ0v) is 15.6. The Morgan fingerprint density at radius 2 is 2.14 bits per heavy atom. The van der Waals surface area contributed by atoms with Crippen molar-refractivity contribution < 1.29 is 23.0 Å². The van der Waals surface area contributed by atoms with Gasteiger partial charge in [0.05, 0.1) is 19.1 Å². The summed E-state index contributed by atoms with van der Waals surface area (Å²) in [4.78, 5) is 22.8. The quantitative estimate of drug-likeness (QED) is 0.738. The maximum absolute atomic E-state index is 14.9. The van der Waals surface area contributed by atoms with Crippen LogP contribution in [0, 0.1) is 17.7 Å². The predicted octanol–water partition coefficient (Wildman–Crippen LogP) is 1.81. The van der Waals surface area contributed by atoms with Crippen molar-refractivity contribution in [2.75, 3.05) is 20.3 Å². The Hall–Kier alpha value is -3.07. The molecule has 1 saturated heterocycles. The molecular weight excluding hydrogens is 382 g/mol. The number of guanidine groups is 1. The van der Waals surface area contributed by atoms with Crippen molar-refractivity contribution in [3.8, 4) is 16.9 Å². The van der Waals surface area contributed by atoms with Crippen LogP contribution in [0.1, 0.15) is 12.0 Å². The molecule has 3 aliphatic rings. The van der Waals surface area contributed by atoms with E-state index < -0.39 is 23.2 Å². The van der Waals surface area contributed by atoms with Gasteiger partial charge in [0.2, 0.25) is 5.95 Å². The minimum Gasteiger partial charge on any atom is -0.489 e. The zero-order chi connectivity index (χ0) is 20.3. The molecule has 3 aliphatic heterocycles. The van der Waals surface area contributed by atoms with Crippen LogP contribution in [-0.4, -0.2) is 48.1 Å². The van der Waals surface area contributed by atoms with E-state index in [1.54, 1.807) is 0 Å². The number of fused-ring (bicyclic) bond motifs is 4. The molecular formula is C20H18F2N4O3. The first-order valence-electron chi connectivity index (χ1n) is 9.26. The van der Waals surface area contributed by atoms with Gasteiger partial charge >= 0.3 is 0 Å². The number of likely N-dealkylation sites (N-methyl/N-ethyl adjacent to an activating group) is 1. The molecule has 0 bridgehead atoms. The summed E-state index contributed by atoms with van der Waals surface area (Å²) in [5.41, 5.74) is 4.89. The molecule has 0 aliphatic carbocycles. The third-order valence-electron chi connectivity index (χ3n) is 5.90. The Bertz CT molecular complexity index is 1060. The lowest BCUT2D eigenvalue weighted by Crippen LogP contribution is -2.56. The topological polar surface area (TPSA) is 90.0 Å². The molecule has 1 fully saturated rings. The number of nitrogens with two attached hydrogens (primary N) is 1. The number of rotatable bonds is 1. The molecule has 7 nitrogen and oxygen atoms in total. The number of carbonyl (C=O) groups excluding carboxylic acids is 1. The summed E-state index contributed by atoms with van der Waals surface area (Å²) < 4.78 is 40.9. The van der Waals surface area contributed by atoms with Gasteiger partial charge in [-0.1, -0.05) is 0 Å². The summed E-state index contributed by atoms with van der Waals surface area (Å²) >= 11 is 0. The predicted molar refractivity (Wildman–Crippen MR) is 99.0 cm³/mol. The van der Waals surface area contributed by atoms with Crippen LogP contribution in [0.4, 0.5) is 8.78 Å². The number of carbonyl (C=O) groups is 1. The summed E-state index contributed by atoms with van der Waals surface area (Å²) in [6, 6.07) is 5.54. The highest BCUT2D eigenvalue weighted by Gasteiger charge is 2.60. The third kappa shape index (κ3) is 2.40. The van der Waals surface area contributed by atoms with Gasteiger partial charge in [0, 0.05) is 42.4 Å². The number of nitrogens with zero attached hydrogens (tertiary/aromatic N) is 3. The van der Waals surface area contributed by atoms with Gasteiger partial charge < -0.3 is 15.2 Å². The lowest BCUT2D eigenvalue weighted by molar-refractivity contribution is -0.141. The second-order valence-electron chi connectivity index (χ2n) is 7.40. The number of amides is 1. The Labute approximate surface area is 165 Å². The Morgan fingerprint density at radius 3 is 2.86 bits per heavy atom. The van der Waals surface area contributed by atoms with Crippen LogP contribution in [0.2, 0.25) is 0 Å². The molecule has 29 heavy (non-hydrogen) atoms. The van der Waals surface area contributed by atoms with Crippen LogP contribution < -0.4 is 10.5 Å². The summed E-state index contributed by atoms with van der Waals surface area (Å²) in [7, 11) is 1.54. The highest BCUT2D eigenvalue weighted by atomic mass is 19.1. The standard InChI is InChI=1S/C20H18F2N4O3/c1-26-18(27)20(25-19(26)23)12-7-11(10-3-2-5-24-17(10)22)14(21)8-16(12)29-15-4-6-28-9-13(15)20/h2-3,5,7-8,13,15H,4,6,9H2,1H3,(H2,23,25)/t13-,15?,20+/m1/s1. The summed E-state index contributed by atoms with van der Waals surface area (Å²) in [5.74, 6) is -1.99. The Morgan fingerprint density at radius 1 is 1.31 bits per heavy atom. The van der Waals surface area contributed by atoms with E-state index in [1.165, 1.54) is 42.4 Å². The molecule has 0 saturated carbocycles. The van der Waals surface area contributed by atoms with Gasteiger partial charge in [0.25, 0.3) is 5.91 Å². The molecule has 2 N–H and O–H groups in total. The molecule has 1 aromatic heterocycles. The SMILES string of the molecule is CN1C(=O)[C@]2(N=C1N)c1cc(-c3cccnc3F)c(F)cc1OC1CCOC[C@H]12. The van der Waals surface area contributed by atoms with Gasteiger partial charge in [0.1, 0.15) is 17.7 Å². The molecule has 0 radical (unpaired) electrons. The number of halogens is 2. The van der Waals surface area contributed by atoms with E-state index in [0.29, 0.717) is 18.6 Å². The number of hydrogen-bond acceptors (Lipinski definition) is 6. The van der Waals surface area contributed by atoms with E-state index in [0.717, 1.165) is 0 Å². The monoisotopic (exact) mass is 400 g/mol. The summed E-state index contributed by atoms with van der Waals surface area (Å²) in [6.07, 6.45) is 1.45. The second-order valence-corrected chi connectivity index (χ2v) is 7.40. The highest BCUT2D eigenvalue weighted by Crippen LogP contribution is 2.52. The Kier molecular flexibility index (Phi) is 3.86. The van der Waals surface area contributed by atoms with Crippen LogP contribution in [0.25, 0.3) is 11.1 Å². The maximum Gasteiger partial charge on any atom is 0.262 e.